The third-order valence-corrected chi connectivity index (χ3v) is 6.66. The zero-order chi connectivity index (χ0) is 23.9. The van der Waals surface area contributed by atoms with E-state index in [2.05, 4.69) is 20.0 Å². The molecule has 5 rings (SSSR count). The summed E-state index contributed by atoms with van der Waals surface area (Å²) in [6.45, 7) is 4.12. The Balaban J connectivity index is 1.37. The van der Waals surface area contributed by atoms with E-state index in [9.17, 15) is 13.9 Å². The van der Waals surface area contributed by atoms with Crippen molar-refractivity contribution in [2.24, 2.45) is 0 Å². The zero-order valence-electron chi connectivity index (χ0n) is 18.4. The van der Waals surface area contributed by atoms with Gasteiger partial charge in [0, 0.05) is 48.9 Å². The van der Waals surface area contributed by atoms with Crippen LogP contribution in [0.25, 0.3) is 11.1 Å². The van der Waals surface area contributed by atoms with Crippen LogP contribution in [0.3, 0.4) is 0 Å². The number of hydrogen-bond donors (Lipinski definition) is 1. The van der Waals surface area contributed by atoms with E-state index in [1.807, 2.05) is 11.8 Å². The molecule has 2 unspecified atom stereocenters. The van der Waals surface area contributed by atoms with Crippen LogP contribution >= 0.6 is 11.6 Å². The highest BCUT2D eigenvalue weighted by Gasteiger charge is 2.43. The fraction of sp³-hybridized carbons (Fsp3) is 0.348. The minimum atomic E-state index is -1.68. The van der Waals surface area contributed by atoms with Gasteiger partial charge in [-0.25, -0.2) is 18.4 Å². The topological polar surface area (TPSA) is 83.5 Å². The van der Waals surface area contributed by atoms with E-state index in [-0.39, 0.29) is 12.1 Å². The molecule has 1 aliphatic heterocycles. The van der Waals surface area contributed by atoms with E-state index in [4.69, 9.17) is 16.0 Å². The van der Waals surface area contributed by atoms with Crippen molar-refractivity contribution < 1.29 is 18.3 Å². The van der Waals surface area contributed by atoms with Crippen molar-refractivity contribution in [2.75, 3.05) is 31.1 Å². The Kier molecular flexibility index (Phi) is 5.97. The first-order valence-corrected chi connectivity index (χ1v) is 11.3. The van der Waals surface area contributed by atoms with Gasteiger partial charge in [-0.3, -0.25) is 4.90 Å². The molecular formula is C23H23ClF2N6O2. The van der Waals surface area contributed by atoms with Gasteiger partial charge in [0.15, 0.2) is 5.58 Å². The molecular weight excluding hydrogens is 466 g/mol. The zero-order valence-corrected chi connectivity index (χ0v) is 19.2. The summed E-state index contributed by atoms with van der Waals surface area (Å²) in [5.74, 6) is -1.51. The molecule has 0 saturated carbocycles. The van der Waals surface area contributed by atoms with Gasteiger partial charge in [0.2, 0.25) is 0 Å². The van der Waals surface area contributed by atoms with E-state index >= 15 is 0 Å². The summed E-state index contributed by atoms with van der Waals surface area (Å²) in [5.41, 5.74) is -0.325. The number of nitrogens with zero attached hydrogens (tertiary/aromatic N) is 6. The van der Waals surface area contributed by atoms with Crippen LogP contribution in [0.2, 0.25) is 5.02 Å². The van der Waals surface area contributed by atoms with E-state index in [0.29, 0.717) is 48.3 Å². The van der Waals surface area contributed by atoms with Crippen LogP contribution in [0, 0.1) is 11.6 Å². The van der Waals surface area contributed by atoms with E-state index in [0.717, 1.165) is 12.1 Å². The van der Waals surface area contributed by atoms with Crippen LogP contribution in [0.4, 0.5) is 14.8 Å². The van der Waals surface area contributed by atoms with Crippen molar-refractivity contribution in [3.63, 3.8) is 0 Å². The number of piperazine rings is 1. The lowest BCUT2D eigenvalue weighted by Gasteiger charge is -2.44. The molecule has 0 bridgehead atoms. The first kappa shape index (κ1) is 22.7. The molecule has 0 spiro atoms. The number of benzene rings is 2. The number of hydrogen-bond acceptors (Lipinski definition) is 7. The van der Waals surface area contributed by atoms with Crippen LogP contribution in [0.15, 0.2) is 53.5 Å². The molecule has 4 aromatic rings. The first-order chi connectivity index (χ1) is 16.3. The summed E-state index contributed by atoms with van der Waals surface area (Å²) in [4.78, 5) is 12.5. The molecule has 1 fully saturated rings. The van der Waals surface area contributed by atoms with Gasteiger partial charge in [-0.2, -0.15) is 10.1 Å². The normalized spacial score (nSPS) is 17.7. The standard InChI is InChI=1S/C23H23ClF2N6O2/c1-15(23(33,12-32-14-27-13-28-32)18-4-3-17(25)11-19(18)26)30-6-8-31(9-7-30)22-29-20-10-16(24)2-5-21(20)34-22/h2-5,10-11,13-15,33H,6-9,12H2,1H3. The Morgan fingerprint density at radius 1 is 1.15 bits per heavy atom. The predicted molar refractivity (Wildman–Crippen MR) is 123 cm³/mol. The van der Waals surface area contributed by atoms with Crippen LogP contribution < -0.4 is 4.90 Å². The maximum atomic E-state index is 14.8. The average molecular weight is 489 g/mol. The maximum absolute atomic E-state index is 14.8. The van der Waals surface area contributed by atoms with Crippen LogP contribution in [0.5, 0.6) is 0 Å². The Bertz CT molecular complexity index is 1290. The van der Waals surface area contributed by atoms with Crippen molar-refractivity contribution in [2.45, 2.75) is 25.1 Å². The predicted octanol–water partition coefficient (Wildman–Crippen LogP) is 3.45. The van der Waals surface area contributed by atoms with Gasteiger partial charge < -0.3 is 14.4 Å². The molecule has 1 N–H and O–H groups in total. The van der Waals surface area contributed by atoms with Gasteiger partial charge in [-0.15, -0.1) is 0 Å². The quantitative estimate of drug-likeness (QED) is 0.445. The molecule has 34 heavy (non-hydrogen) atoms. The highest BCUT2D eigenvalue weighted by molar-refractivity contribution is 6.31. The smallest absolute Gasteiger partial charge is 0.298 e. The number of rotatable bonds is 6. The number of aromatic nitrogens is 4. The third-order valence-electron chi connectivity index (χ3n) is 6.43. The Hall–Kier alpha value is -3.08. The summed E-state index contributed by atoms with van der Waals surface area (Å²) in [6.07, 6.45) is 2.80. The molecule has 1 aliphatic rings. The van der Waals surface area contributed by atoms with Crippen molar-refractivity contribution in [3.8, 4) is 0 Å². The lowest BCUT2D eigenvalue weighted by molar-refractivity contribution is -0.0651. The number of anilines is 1. The largest absolute Gasteiger partial charge is 0.423 e. The number of aliphatic hydroxyl groups is 1. The van der Waals surface area contributed by atoms with Gasteiger partial charge in [-0.1, -0.05) is 17.7 Å². The molecule has 0 aliphatic carbocycles. The number of fused-ring (bicyclic) bond motifs is 1. The maximum Gasteiger partial charge on any atom is 0.298 e. The summed E-state index contributed by atoms with van der Waals surface area (Å²) < 4.78 is 35.7. The molecule has 178 valence electrons. The minimum absolute atomic E-state index is 0.00941. The van der Waals surface area contributed by atoms with Crippen molar-refractivity contribution in [3.05, 3.63) is 71.3 Å². The molecule has 1 saturated heterocycles. The Labute approximate surface area is 199 Å². The SMILES string of the molecule is CC(N1CCN(c2nc3cc(Cl)ccc3o2)CC1)C(O)(Cn1cncn1)c1ccc(F)cc1F. The second kappa shape index (κ2) is 8.94. The van der Waals surface area contributed by atoms with Crippen molar-refractivity contribution in [1.82, 2.24) is 24.6 Å². The fourth-order valence-corrected chi connectivity index (χ4v) is 4.64. The molecule has 2 atom stereocenters. The molecule has 0 amide bonds. The second-order valence-corrected chi connectivity index (χ2v) is 8.89. The van der Waals surface area contributed by atoms with Gasteiger partial charge >= 0.3 is 0 Å². The van der Waals surface area contributed by atoms with Gasteiger partial charge in [0.1, 0.15) is 35.4 Å². The minimum Gasteiger partial charge on any atom is -0.423 e. The second-order valence-electron chi connectivity index (χ2n) is 8.45. The van der Waals surface area contributed by atoms with Crippen LogP contribution in [-0.4, -0.2) is 62.0 Å². The highest BCUT2D eigenvalue weighted by Crippen LogP contribution is 2.34. The van der Waals surface area contributed by atoms with E-state index in [1.165, 1.54) is 23.4 Å². The lowest BCUT2D eigenvalue weighted by atomic mass is 9.85. The molecule has 0 radical (unpaired) electrons. The molecule has 8 nitrogen and oxygen atoms in total. The fourth-order valence-electron chi connectivity index (χ4n) is 4.47. The Morgan fingerprint density at radius 2 is 1.94 bits per heavy atom. The van der Waals surface area contributed by atoms with E-state index in [1.54, 1.807) is 18.2 Å². The van der Waals surface area contributed by atoms with E-state index < -0.39 is 23.3 Å². The summed E-state index contributed by atoms with van der Waals surface area (Å²) >= 11 is 6.05. The van der Waals surface area contributed by atoms with Gasteiger partial charge in [0.25, 0.3) is 6.01 Å². The lowest BCUT2D eigenvalue weighted by Crippen LogP contribution is -2.57. The van der Waals surface area contributed by atoms with Gasteiger partial charge in [0.05, 0.1) is 6.54 Å². The van der Waals surface area contributed by atoms with Crippen molar-refractivity contribution in [1.29, 1.82) is 0 Å². The Morgan fingerprint density at radius 3 is 2.65 bits per heavy atom. The van der Waals surface area contributed by atoms with Crippen LogP contribution in [-0.2, 0) is 12.1 Å². The average Bonchev–Trinajstić information content (AvgIpc) is 3.48. The van der Waals surface area contributed by atoms with Crippen molar-refractivity contribution >= 4 is 28.7 Å². The van der Waals surface area contributed by atoms with Crippen LogP contribution in [0.1, 0.15) is 12.5 Å². The number of halogens is 3. The third kappa shape index (κ3) is 4.24. The molecule has 11 heteroatoms. The summed E-state index contributed by atoms with van der Waals surface area (Å²) in [5, 5.41) is 16.5. The number of oxazole rings is 1. The van der Waals surface area contributed by atoms with Gasteiger partial charge in [-0.05, 0) is 31.2 Å². The molecule has 3 heterocycles. The molecule has 2 aromatic heterocycles. The highest BCUT2D eigenvalue weighted by atomic mass is 35.5. The monoisotopic (exact) mass is 488 g/mol. The molecule has 2 aromatic carbocycles. The summed E-state index contributed by atoms with van der Waals surface area (Å²) in [6, 6.07) is 8.51. The summed E-state index contributed by atoms with van der Waals surface area (Å²) in [7, 11) is 0. The first-order valence-electron chi connectivity index (χ1n) is 10.9.